The van der Waals surface area contributed by atoms with Gasteiger partial charge in [0.25, 0.3) is 0 Å². The fourth-order valence-electron chi connectivity index (χ4n) is 2.48. The Balaban J connectivity index is 1.84. The molecular weight excluding hydrogens is 409 g/mol. The number of nitrogens with zero attached hydrogens (tertiary/aromatic N) is 2. The molecule has 0 amide bonds. The molecule has 27 heavy (non-hydrogen) atoms. The number of thiophene rings is 1. The summed E-state index contributed by atoms with van der Waals surface area (Å²) in [6.07, 6.45) is 0.667. The van der Waals surface area contributed by atoms with E-state index in [0.717, 1.165) is 15.8 Å². The van der Waals surface area contributed by atoms with Crippen molar-refractivity contribution in [3.63, 3.8) is 0 Å². The molecule has 6 nitrogen and oxygen atoms in total. The van der Waals surface area contributed by atoms with Crippen molar-refractivity contribution >= 4 is 62.6 Å². The molecule has 0 spiro atoms. The molecule has 0 radical (unpaired) electrons. The van der Waals surface area contributed by atoms with Gasteiger partial charge >= 0.3 is 0 Å². The number of aryl methyl sites for hydroxylation is 1. The number of hydrogen-bond acceptors (Lipinski definition) is 7. The maximum Gasteiger partial charge on any atom is 0.195 e. The third-order valence-electron chi connectivity index (χ3n) is 3.81. The van der Waals surface area contributed by atoms with Gasteiger partial charge in [-0.15, -0.1) is 11.3 Å². The van der Waals surface area contributed by atoms with E-state index in [1.807, 2.05) is 12.1 Å². The van der Waals surface area contributed by atoms with Crippen LogP contribution in [0.5, 0.6) is 5.75 Å². The molecule has 2 heterocycles. The Morgan fingerprint density at radius 2 is 2.11 bits per heavy atom. The summed E-state index contributed by atoms with van der Waals surface area (Å²) in [5.41, 5.74) is 0.951. The second-order valence-corrected chi connectivity index (χ2v) is 7.73. The van der Waals surface area contributed by atoms with Crippen LogP contribution in [0.15, 0.2) is 24.3 Å². The highest BCUT2D eigenvalue weighted by molar-refractivity contribution is 7.22. The summed E-state index contributed by atoms with van der Waals surface area (Å²) >= 11 is 13.6. The fraction of sp³-hybridized carbons (Fsp3) is 0.222. The van der Waals surface area contributed by atoms with Crippen molar-refractivity contribution in [1.29, 1.82) is 0 Å². The van der Waals surface area contributed by atoms with Crippen molar-refractivity contribution in [2.24, 2.45) is 0 Å². The van der Waals surface area contributed by atoms with Gasteiger partial charge in [-0.05, 0) is 23.8 Å². The molecular formula is C18H15Cl2N3O3S. The highest BCUT2D eigenvalue weighted by Gasteiger charge is 2.13. The zero-order valence-corrected chi connectivity index (χ0v) is 16.6. The zero-order valence-electron chi connectivity index (χ0n) is 14.3. The number of nitrogens with one attached hydrogen (secondary N) is 1. The first-order valence-electron chi connectivity index (χ1n) is 8.00. The van der Waals surface area contributed by atoms with Crippen LogP contribution in [0.1, 0.15) is 17.8 Å². The molecule has 0 aliphatic rings. The van der Waals surface area contributed by atoms with E-state index in [9.17, 15) is 9.59 Å². The van der Waals surface area contributed by atoms with Crippen LogP contribution in [-0.4, -0.2) is 29.1 Å². The molecule has 0 saturated carbocycles. The molecule has 1 N–H and O–H groups in total. The molecule has 0 atom stereocenters. The van der Waals surface area contributed by atoms with E-state index >= 15 is 0 Å². The van der Waals surface area contributed by atoms with Crippen LogP contribution < -0.4 is 10.1 Å². The van der Waals surface area contributed by atoms with Gasteiger partial charge in [0.15, 0.2) is 12.1 Å². The average molecular weight is 424 g/mol. The number of benzene rings is 1. The van der Waals surface area contributed by atoms with Gasteiger partial charge < -0.3 is 10.1 Å². The first kappa shape index (κ1) is 19.5. The van der Waals surface area contributed by atoms with E-state index in [1.54, 1.807) is 19.2 Å². The lowest BCUT2D eigenvalue weighted by Gasteiger charge is -2.10. The molecule has 0 unspecified atom stereocenters. The summed E-state index contributed by atoms with van der Waals surface area (Å²) in [6.45, 7) is 0.482. The monoisotopic (exact) mass is 423 g/mol. The Kier molecular flexibility index (Phi) is 6.26. The van der Waals surface area contributed by atoms with Crippen LogP contribution >= 0.6 is 34.5 Å². The number of ketones is 1. The van der Waals surface area contributed by atoms with E-state index in [1.165, 1.54) is 11.3 Å². The van der Waals surface area contributed by atoms with Gasteiger partial charge in [0.2, 0.25) is 0 Å². The van der Waals surface area contributed by atoms with E-state index in [0.29, 0.717) is 39.6 Å². The first-order chi connectivity index (χ1) is 13.0. The Morgan fingerprint density at radius 1 is 1.30 bits per heavy atom. The van der Waals surface area contributed by atoms with Crippen LogP contribution in [0.25, 0.3) is 10.2 Å². The molecule has 1 aromatic carbocycles. The van der Waals surface area contributed by atoms with Crippen molar-refractivity contribution in [3.05, 3.63) is 45.0 Å². The minimum absolute atomic E-state index is 0.0711. The van der Waals surface area contributed by atoms with Crippen LogP contribution in [0.4, 0.5) is 5.82 Å². The van der Waals surface area contributed by atoms with Gasteiger partial charge in [0, 0.05) is 19.4 Å². The van der Waals surface area contributed by atoms with Gasteiger partial charge in [-0.2, -0.15) is 0 Å². The highest BCUT2D eigenvalue weighted by atomic mass is 35.5. The summed E-state index contributed by atoms with van der Waals surface area (Å²) in [4.78, 5) is 31.4. The summed E-state index contributed by atoms with van der Waals surface area (Å²) < 4.78 is 5.75. The van der Waals surface area contributed by atoms with Gasteiger partial charge in [-0.25, -0.2) is 9.97 Å². The second-order valence-electron chi connectivity index (χ2n) is 5.66. The van der Waals surface area contributed by atoms with E-state index < -0.39 is 5.78 Å². The molecule has 9 heteroatoms. The lowest BCUT2D eigenvalue weighted by Crippen LogP contribution is -2.07. The van der Waals surface area contributed by atoms with Crippen molar-refractivity contribution in [1.82, 2.24) is 9.97 Å². The summed E-state index contributed by atoms with van der Waals surface area (Å²) in [5.74, 6) is 1.22. The molecule has 0 aliphatic carbocycles. The minimum Gasteiger partial charge on any atom is -0.495 e. The number of halogens is 2. The Hall–Kier alpha value is -2.22. The smallest absolute Gasteiger partial charge is 0.195 e. The van der Waals surface area contributed by atoms with Crippen LogP contribution in [0.2, 0.25) is 9.36 Å². The van der Waals surface area contributed by atoms with E-state index in [4.69, 9.17) is 27.9 Å². The predicted molar refractivity (Wildman–Crippen MR) is 107 cm³/mol. The molecule has 0 saturated heterocycles. The number of Topliss-reactive ketones (excluding diaryl/α,β-unsaturated/α-hetero) is 1. The highest BCUT2D eigenvalue weighted by Crippen LogP contribution is 2.32. The maximum absolute atomic E-state index is 11.3. The van der Waals surface area contributed by atoms with Crippen LogP contribution in [0, 0.1) is 0 Å². The van der Waals surface area contributed by atoms with Crippen molar-refractivity contribution in [2.45, 2.75) is 19.4 Å². The van der Waals surface area contributed by atoms with Gasteiger partial charge in [0.1, 0.15) is 22.2 Å². The standard InChI is InChI=1S/C18H15Cl2N3O3S/c1-26-14-4-2-10(6-13(14)19)8-21-17-12-7-15(20)27-18(12)23-16(22-17)5-3-11(25)9-24/h2,4,6-7,9H,3,5,8H2,1H3,(H,21,22,23). The Labute approximate surface area is 169 Å². The Bertz CT molecular complexity index is 1010. The molecule has 0 fully saturated rings. The predicted octanol–water partition coefficient (Wildman–Crippen LogP) is 4.32. The number of methoxy groups -OCH3 is 1. The lowest BCUT2D eigenvalue weighted by molar-refractivity contribution is -0.129. The quantitative estimate of drug-likeness (QED) is 0.429. The number of aromatic nitrogens is 2. The number of aldehydes is 1. The van der Waals surface area contributed by atoms with Crippen molar-refractivity contribution in [2.75, 3.05) is 12.4 Å². The molecule has 2 aromatic heterocycles. The topological polar surface area (TPSA) is 81.2 Å². The van der Waals surface area contributed by atoms with Gasteiger partial charge in [-0.3, -0.25) is 9.59 Å². The van der Waals surface area contributed by atoms with Crippen molar-refractivity contribution in [3.8, 4) is 5.75 Å². The third-order valence-corrected chi connectivity index (χ3v) is 5.26. The zero-order chi connectivity index (χ0) is 19.4. The summed E-state index contributed by atoms with van der Waals surface area (Å²) in [5, 5.41) is 4.59. The van der Waals surface area contributed by atoms with Gasteiger partial charge in [-0.1, -0.05) is 29.3 Å². The minimum atomic E-state index is -0.481. The number of hydrogen-bond donors (Lipinski definition) is 1. The SMILES string of the molecule is COc1ccc(CNc2nc(CCC(=O)C=O)nc3sc(Cl)cc23)cc1Cl. The number of carbonyl (C=O) groups is 2. The normalized spacial score (nSPS) is 10.8. The van der Waals surface area contributed by atoms with E-state index in [2.05, 4.69) is 15.3 Å². The lowest BCUT2D eigenvalue weighted by atomic mass is 10.2. The third kappa shape index (κ3) is 4.74. The molecule has 0 bridgehead atoms. The van der Waals surface area contributed by atoms with E-state index in [-0.39, 0.29) is 12.8 Å². The molecule has 140 valence electrons. The summed E-state index contributed by atoms with van der Waals surface area (Å²) in [7, 11) is 1.56. The second kappa shape index (κ2) is 8.65. The first-order valence-corrected chi connectivity index (χ1v) is 9.57. The number of anilines is 1. The summed E-state index contributed by atoms with van der Waals surface area (Å²) in [6, 6.07) is 7.31. The number of carbonyl (C=O) groups excluding carboxylic acids is 2. The largest absolute Gasteiger partial charge is 0.495 e. The fourth-order valence-corrected chi connectivity index (χ4v) is 3.87. The number of rotatable bonds is 8. The average Bonchev–Trinajstić information content (AvgIpc) is 3.04. The number of ether oxygens (including phenoxy) is 1. The molecule has 0 aliphatic heterocycles. The number of fused-ring (bicyclic) bond motifs is 1. The molecule has 3 rings (SSSR count). The molecule has 3 aromatic rings. The van der Waals surface area contributed by atoms with Gasteiger partial charge in [0.05, 0.1) is 21.9 Å². The van der Waals surface area contributed by atoms with Crippen LogP contribution in [-0.2, 0) is 22.6 Å². The maximum atomic E-state index is 11.3. The Morgan fingerprint density at radius 3 is 2.81 bits per heavy atom. The van der Waals surface area contributed by atoms with Crippen LogP contribution in [0.3, 0.4) is 0 Å². The van der Waals surface area contributed by atoms with Crippen molar-refractivity contribution < 1.29 is 14.3 Å².